The highest BCUT2D eigenvalue weighted by Crippen LogP contribution is 2.37. The highest BCUT2D eigenvalue weighted by Gasteiger charge is 2.26. The van der Waals surface area contributed by atoms with E-state index in [1.54, 1.807) is 18.4 Å². The molecule has 0 aliphatic rings. The van der Waals surface area contributed by atoms with Crippen LogP contribution in [0.25, 0.3) is 10.2 Å². The van der Waals surface area contributed by atoms with Crippen LogP contribution in [-0.2, 0) is 0 Å². The van der Waals surface area contributed by atoms with Crippen molar-refractivity contribution in [3.63, 3.8) is 0 Å². The fourth-order valence-electron chi connectivity index (χ4n) is 3.30. The molecule has 30 heavy (non-hydrogen) atoms. The Morgan fingerprint density at radius 2 is 1.77 bits per heavy atom. The van der Waals surface area contributed by atoms with Crippen molar-refractivity contribution < 1.29 is 9.53 Å². The second-order valence-corrected chi connectivity index (χ2v) is 9.07. The molecule has 0 fully saturated rings. The number of benzene rings is 1. The SMILES string of the molecule is CCN(CC)CCN(C(=O)c1sc(C)nc1C)c1nc2c(OC)ccc(C)c2s1.Cl. The predicted octanol–water partition coefficient (Wildman–Crippen LogP) is 5.10. The third kappa shape index (κ3) is 4.94. The molecule has 0 atom stereocenters. The average molecular weight is 469 g/mol. The van der Waals surface area contributed by atoms with E-state index >= 15 is 0 Å². The lowest BCUT2D eigenvalue weighted by atomic mass is 10.2. The number of aryl methyl sites for hydroxylation is 3. The number of thiazole rings is 2. The second-order valence-electron chi connectivity index (χ2n) is 6.89. The van der Waals surface area contributed by atoms with Crippen molar-refractivity contribution >= 4 is 56.3 Å². The molecule has 9 heteroatoms. The van der Waals surface area contributed by atoms with Crippen LogP contribution < -0.4 is 9.64 Å². The minimum atomic E-state index is -0.0315. The summed E-state index contributed by atoms with van der Waals surface area (Å²) in [5.74, 6) is 0.699. The summed E-state index contributed by atoms with van der Waals surface area (Å²) in [6.45, 7) is 13.4. The first-order valence-corrected chi connectivity index (χ1v) is 11.4. The molecule has 0 unspecified atom stereocenters. The number of likely N-dealkylation sites (N-methyl/N-ethyl adjacent to an activating group) is 1. The number of amides is 1. The molecule has 0 N–H and O–H groups in total. The lowest BCUT2D eigenvalue weighted by Gasteiger charge is -2.24. The van der Waals surface area contributed by atoms with Gasteiger partial charge in [-0.3, -0.25) is 9.69 Å². The van der Waals surface area contributed by atoms with E-state index in [1.807, 2.05) is 30.9 Å². The maximum atomic E-state index is 13.5. The van der Waals surface area contributed by atoms with Crippen LogP contribution in [0.15, 0.2) is 12.1 Å². The molecule has 1 amide bonds. The van der Waals surface area contributed by atoms with E-state index in [4.69, 9.17) is 9.72 Å². The number of methoxy groups -OCH3 is 1. The van der Waals surface area contributed by atoms with Crippen molar-refractivity contribution in [3.05, 3.63) is 33.3 Å². The van der Waals surface area contributed by atoms with E-state index in [9.17, 15) is 4.79 Å². The van der Waals surface area contributed by atoms with Gasteiger partial charge in [0.05, 0.1) is 22.5 Å². The molecule has 0 aliphatic heterocycles. The van der Waals surface area contributed by atoms with E-state index in [0.717, 1.165) is 51.9 Å². The van der Waals surface area contributed by atoms with E-state index in [0.29, 0.717) is 16.6 Å². The van der Waals surface area contributed by atoms with Gasteiger partial charge < -0.3 is 9.64 Å². The van der Waals surface area contributed by atoms with E-state index in [-0.39, 0.29) is 18.3 Å². The molecule has 164 valence electrons. The molecular weight excluding hydrogens is 440 g/mol. The summed E-state index contributed by atoms with van der Waals surface area (Å²) < 4.78 is 6.55. The zero-order chi connectivity index (χ0) is 21.1. The normalized spacial score (nSPS) is 11.0. The number of halogens is 1. The highest BCUT2D eigenvalue weighted by atomic mass is 35.5. The zero-order valence-electron chi connectivity index (χ0n) is 18.3. The Hall–Kier alpha value is -1.74. The van der Waals surface area contributed by atoms with Crippen molar-refractivity contribution in [1.82, 2.24) is 14.9 Å². The number of hydrogen-bond donors (Lipinski definition) is 0. The van der Waals surface area contributed by atoms with Gasteiger partial charge in [-0.2, -0.15) is 0 Å². The Balaban J connectivity index is 0.00000320. The van der Waals surface area contributed by atoms with Crippen molar-refractivity contribution in [2.24, 2.45) is 0 Å². The molecule has 2 aromatic heterocycles. The summed E-state index contributed by atoms with van der Waals surface area (Å²) in [7, 11) is 1.65. The first-order chi connectivity index (χ1) is 13.9. The van der Waals surface area contributed by atoms with Crippen molar-refractivity contribution in [2.75, 3.05) is 38.2 Å². The van der Waals surface area contributed by atoms with E-state index in [2.05, 4.69) is 30.7 Å². The number of carbonyl (C=O) groups excluding carboxylic acids is 1. The molecule has 0 spiro atoms. The third-order valence-electron chi connectivity index (χ3n) is 5.02. The molecule has 3 aromatic rings. The lowest BCUT2D eigenvalue weighted by molar-refractivity contribution is 0.0987. The van der Waals surface area contributed by atoms with Gasteiger partial charge in [0.15, 0.2) is 5.13 Å². The number of anilines is 1. The van der Waals surface area contributed by atoms with Gasteiger partial charge in [0.25, 0.3) is 5.91 Å². The molecule has 0 bridgehead atoms. The van der Waals surface area contributed by atoms with Crippen LogP contribution >= 0.6 is 35.1 Å². The van der Waals surface area contributed by atoms with Crippen LogP contribution in [-0.4, -0.2) is 54.1 Å². The van der Waals surface area contributed by atoms with Crippen molar-refractivity contribution in [1.29, 1.82) is 0 Å². The fraction of sp³-hybridized carbons (Fsp3) is 0.476. The lowest BCUT2D eigenvalue weighted by Crippen LogP contribution is -2.38. The van der Waals surface area contributed by atoms with Gasteiger partial charge in [0.1, 0.15) is 16.1 Å². The summed E-state index contributed by atoms with van der Waals surface area (Å²) in [5.41, 5.74) is 2.72. The molecule has 0 saturated heterocycles. The minimum Gasteiger partial charge on any atom is -0.494 e. The van der Waals surface area contributed by atoms with Crippen LogP contribution in [0.1, 0.15) is 39.8 Å². The number of ether oxygens (including phenoxy) is 1. The monoisotopic (exact) mass is 468 g/mol. The van der Waals surface area contributed by atoms with Gasteiger partial charge in [-0.25, -0.2) is 9.97 Å². The number of fused-ring (bicyclic) bond motifs is 1. The number of rotatable bonds is 8. The van der Waals surface area contributed by atoms with Crippen LogP contribution in [0.2, 0.25) is 0 Å². The molecule has 2 heterocycles. The van der Waals surface area contributed by atoms with Crippen LogP contribution in [0.3, 0.4) is 0 Å². The Morgan fingerprint density at radius 1 is 1.07 bits per heavy atom. The maximum Gasteiger partial charge on any atom is 0.272 e. The first-order valence-electron chi connectivity index (χ1n) is 9.81. The van der Waals surface area contributed by atoms with Crippen LogP contribution in [0, 0.1) is 20.8 Å². The predicted molar refractivity (Wildman–Crippen MR) is 129 cm³/mol. The number of aromatic nitrogens is 2. The minimum absolute atomic E-state index is 0. The van der Waals surface area contributed by atoms with Gasteiger partial charge in [-0.05, 0) is 45.5 Å². The topological polar surface area (TPSA) is 58.6 Å². The van der Waals surface area contributed by atoms with Gasteiger partial charge in [0, 0.05) is 13.1 Å². The van der Waals surface area contributed by atoms with E-state index in [1.165, 1.54) is 11.3 Å². The Kier molecular flexibility index (Phi) is 8.61. The Bertz CT molecular complexity index is 1010. The smallest absolute Gasteiger partial charge is 0.272 e. The first kappa shape index (κ1) is 24.5. The van der Waals surface area contributed by atoms with Gasteiger partial charge >= 0.3 is 0 Å². The zero-order valence-corrected chi connectivity index (χ0v) is 20.8. The largest absolute Gasteiger partial charge is 0.494 e. The molecule has 3 rings (SSSR count). The van der Waals surface area contributed by atoms with Crippen LogP contribution in [0.4, 0.5) is 5.13 Å². The third-order valence-corrected chi connectivity index (χ3v) is 7.29. The Morgan fingerprint density at radius 3 is 2.33 bits per heavy atom. The highest BCUT2D eigenvalue weighted by molar-refractivity contribution is 7.22. The number of hydrogen-bond acceptors (Lipinski definition) is 7. The number of nitrogens with zero attached hydrogens (tertiary/aromatic N) is 4. The Labute approximate surface area is 192 Å². The standard InChI is InChI=1S/C21H28N4O2S2.ClH/c1-7-24(8-2)11-12-25(20(26)19-14(4)22-15(5)28-19)21-23-17-16(27-6)10-9-13(3)18(17)29-21;/h9-10H,7-8,11-12H2,1-6H3;1H. The molecule has 1 aromatic carbocycles. The maximum absolute atomic E-state index is 13.5. The summed E-state index contributed by atoms with van der Waals surface area (Å²) in [4.78, 5) is 27.6. The molecule has 0 saturated carbocycles. The van der Waals surface area contributed by atoms with Crippen LogP contribution in [0.5, 0.6) is 5.75 Å². The fourth-order valence-corrected chi connectivity index (χ4v) is 5.24. The second kappa shape index (κ2) is 10.5. The van der Waals surface area contributed by atoms with Crippen molar-refractivity contribution in [3.8, 4) is 5.75 Å². The van der Waals surface area contributed by atoms with Crippen molar-refractivity contribution in [2.45, 2.75) is 34.6 Å². The van der Waals surface area contributed by atoms with Gasteiger partial charge in [-0.1, -0.05) is 31.3 Å². The molecule has 0 aliphatic carbocycles. The summed E-state index contributed by atoms with van der Waals surface area (Å²) in [6.07, 6.45) is 0. The molecule has 0 radical (unpaired) electrons. The summed E-state index contributed by atoms with van der Waals surface area (Å²) in [5, 5.41) is 1.60. The quantitative estimate of drug-likeness (QED) is 0.460. The summed E-state index contributed by atoms with van der Waals surface area (Å²) in [6, 6.07) is 3.96. The molecule has 6 nitrogen and oxygen atoms in total. The molecular formula is C21H29ClN4O2S2. The number of carbonyl (C=O) groups is 1. The summed E-state index contributed by atoms with van der Waals surface area (Å²) >= 11 is 2.99. The van der Waals surface area contributed by atoms with Gasteiger partial charge in [-0.15, -0.1) is 23.7 Å². The average Bonchev–Trinajstić information content (AvgIpc) is 3.29. The van der Waals surface area contributed by atoms with E-state index < -0.39 is 0 Å². The van der Waals surface area contributed by atoms with Gasteiger partial charge in [0.2, 0.25) is 0 Å².